The molecule has 1 unspecified atom stereocenters. The number of ether oxygens (including phenoxy) is 1. The van der Waals surface area contributed by atoms with E-state index in [1.165, 1.54) is 10.5 Å². The van der Waals surface area contributed by atoms with Crippen molar-refractivity contribution in [3.05, 3.63) is 60.2 Å². The minimum atomic E-state index is -1.05. The van der Waals surface area contributed by atoms with Gasteiger partial charge in [0.15, 0.2) is 0 Å². The van der Waals surface area contributed by atoms with E-state index < -0.39 is 5.56 Å². The maximum absolute atomic E-state index is 12.3. The normalized spacial score (nSPS) is 11.8. The van der Waals surface area contributed by atoms with Crippen LogP contribution in [0.15, 0.2) is 54.6 Å². The second-order valence-corrected chi connectivity index (χ2v) is 5.46. The number of para-hydroxylation sites is 1. The number of hydrogen-bond acceptors (Lipinski definition) is 2. The zero-order valence-corrected chi connectivity index (χ0v) is 13.6. The predicted octanol–water partition coefficient (Wildman–Crippen LogP) is 4.25. The van der Waals surface area contributed by atoms with Crippen molar-refractivity contribution in [2.75, 3.05) is 11.9 Å². The van der Waals surface area contributed by atoms with Crippen LogP contribution in [-0.4, -0.2) is 18.5 Å². The predicted molar refractivity (Wildman–Crippen MR) is 90.6 cm³/mol. The van der Waals surface area contributed by atoms with E-state index in [1.807, 2.05) is 54.6 Å². The number of hydrogen-bond donors (Lipinski definition) is 0. The molecule has 0 aliphatic heterocycles. The van der Waals surface area contributed by atoms with Crippen molar-refractivity contribution in [2.45, 2.75) is 25.3 Å². The van der Waals surface area contributed by atoms with Crippen LogP contribution in [-0.2, 0) is 11.2 Å². The van der Waals surface area contributed by atoms with Crippen molar-refractivity contribution in [2.24, 2.45) is 0 Å². The minimum Gasteiger partial charge on any atom is -0.465 e. The Labute approximate surface area is 136 Å². The fraction of sp³-hybridized carbons (Fsp3) is 0.278. The van der Waals surface area contributed by atoms with Gasteiger partial charge in [-0.15, -0.1) is 0 Å². The summed E-state index contributed by atoms with van der Waals surface area (Å²) in [7, 11) is 1.68. The van der Waals surface area contributed by atoms with Gasteiger partial charge in [-0.05, 0) is 36.2 Å². The number of amides is 1. The van der Waals surface area contributed by atoms with E-state index in [9.17, 15) is 4.79 Å². The Kier molecular flexibility index (Phi) is 5.84. The van der Waals surface area contributed by atoms with E-state index in [2.05, 4.69) is 6.92 Å². The first-order chi connectivity index (χ1) is 10.6. The molecule has 0 N–H and O–H groups in total. The number of halogens is 1. The number of anilines is 1. The molecule has 22 heavy (non-hydrogen) atoms. The lowest BCUT2D eigenvalue weighted by Gasteiger charge is -2.21. The van der Waals surface area contributed by atoms with Crippen molar-refractivity contribution in [1.82, 2.24) is 0 Å². The van der Waals surface area contributed by atoms with Crippen LogP contribution in [0.5, 0.6) is 5.75 Å². The molecule has 0 aliphatic rings. The lowest BCUT2D eigenvalue weighted by Crippen LogP contribution is -2.36. The minimum absolute atomic E-state index is 0.300. The largest absolute Gasteiger partial charge is 0.465 e. The topological polar surface area (TPSA) is 29.5 Å². The van der Waals surface area contributed by atoms with Crippen molar-refractivity contribution in [3.63, 3.8) is 0 Å². The molecular weight excluding hydrogens is 298 g/mol. The van der Waals surface area contributed by atoms with Gasteiger partial charge in [0.2, 0.25) is 0 Å². The standard InChI is InChI=1S/C18H20ClNO2/c1-3-7-14-10-12-16(13-11-14)22-17(19)18(21)20(2)15-8-5-4-6-9-15/h4-6,8-13,17H,3,7H2,1-2H3. The van der Waals surface area contributed by atoms with Crippen LogP contribution in [0.4, 0.5) is 5.69 Å². The van der Waals surface area contributed by atoms with Crippen molar-refractivity contribution in [1.29, 1.82) is 0 Å². The highest BCUT2D eigenvalue weighted by molar-refractivity contribution is 6.31. The Balaban J connectivity index is 1.99. The van der Waals surface area contributed by atoms with E-state index in [-0.39, 0.29) is 5.91 Å². The van der Waals surface area contributed by atoms with Gasteiger partial charge in [-0.1, -0.05) is 55.3 Å². The van der Waals surface area contributed by atoms with Gasteiger partial charge in [0.1, 0.15) is 5.75 Å². The Morgan fingerprint density at radius 2 is 1.77 bits per heavy atom. The summed E-state index contributed by atoms with van der Waals surface area (Å²) in [6.45, 7) is 2.14. The number of alkyl halides is 1. The average molecular weight is 318 g/mol. The quantitative estimate of drug-likeness (QED) is 0.746. The molecule has 1 amide bonds. The third-order valence-corrected chi connectivity index (χ3v) is 3.65. The smallest absolute Gasteiger partial charge is 0.283 e. The van der Waals surface area contributed by atoms with Gasteiger partial charge in [0, 0.05) is 12.7 Å². The maximum atomic E-state index is 12.3. The summed E-state index contributed by atoms with van der Waals surface area (Å²) >= 11 is 6.10. The Morgan fingerprint density at radius 1 is 1.14 bits per heavy atom. The van der Waals surface area contributed by atoms with Gasteiger partial charge in [-0.3, -0.25) is 4.79 Å². The fourth-order valence-electron chi connectivity index (χ4n) is 2.12. The maximum Gasteiger partial charge on any atom is 0.283 e. The van der Waals surface area contributed by atoms with Gasteiger partial charge >= 0.3 is 0 Å². The van der Waals surface area contributed by atoms with Crippen molar-refractivity contribution in [3.8, 4) is 5.75 Å². The second kappa shape index (κ2) is 7.85. The highest BCUT2D eigenvalue weighted by Gasteiger charge is 2.22. The third-order valence-electron chi connectivity index (χ3n) is 3.37. The van der Waals surface area contributed by atoms with Gasteiger partial charge in [0.25, 0.3) is 11.5 Å². The van der Waals surface area contributed by atoms with E-state index in [0.717, 1.165) is 18.5 Å². The lowest BCUT2D eigenvalue weighted by atomic mass is 10.1. The van der Waals surface area contributed by atoms with Gasteiger partial charge in [0.05, 0.1) is 0 Å². The van der Waals surface area contributed by atoms with Crippen LogP contribution in [0.2, 0.25) is 0 Å². The van der Waals surface area contributed by atoms with Crippen LogP contribution in [0.1, 0.15) is 18.9 Å². The molecule has 0 bridgehead atoms. The Morgan fingerprint density at radius 3 is 2.36 bits per heavy atom. The van der Waals surface area contributed by atoms with Crippen LogP contribution in [0, 0.1) is 0 Å². The molecule has 1 atom stereocenters. The number of carbonyl (C=O) groups is 1. The molecular formula is C18H20ClNO2. The number of rotatable bonds is 6. The van der Waals surface area contributed by atoms with E-state index in [4.69, 9.17) is 16.3 Å². The fourth-order valence-corrected chi connectivity index (χ4v) is 2.37. The van der Waals surface area contributed by atoms with Gasteiger partial charge < -0.3 is 9.64 Å². The molecule has 0 radical (unpaired) electrons. The number of likely N-dealkylation sites (N-methyl/N-ethyl adjacent to an activating group) is 1. The average Bonchev–Trinajstić information content (AvgIpc) is 2.56. The zero-order valence-electron chi connectivity index (χ0n) is 12.8. The number of carbonyl (C=O) groups excluding carboxylic acids is 1. The molecule has 0 aromatic heterocycles. The number of benzene rings is 2. The Hall–Kier alpha value is -2.00. The molecule has 116 valence electrons. The molecule has 0 spiro atoms. The Bertz CT molecular complexity index is 598. The highest BCUT2D eigenvalue weighted by Crippen LogP contribution is 2.19. The SMILES string of the molecule is CCCc1ccc(OC(Cl)C(=O)N(C)c2ccccc2)cc1. The summed E-state index contributed by atoms with van der Waals surface area (Å²) < 4.78 is 5.53. The molecule has 4 heteroatoms. The van der Waals surface area contributed by atoms with E-state index in [0.29, 0.717) is 5.75 Å². The summed E-state index contributed by atoms with van der Waals surface area (Å²) in [6.07, 6.45) is 2.12. The second-order valence-electron chi connectivity index (χ2n) is 5.06. The van der Waals surface area contributed by atoms with Crippen LogP contribution in [0.25, 0.3) is 0 Å². The monoisotopic (exact) mass is 317 g/mol. The molecule has 0 saturated carbocycles. The van der Waals surface area contributed by atoms with Crippen molar-refractivity contribution < 1.29 is 9.53 Å². The lowest BCUT2D eigenvalue weighted by molar-refractivity contribution is -0.121. The summed E-state index contributed by atoms with van der Waals surface area (Å²) in [6, 6.07) is 17.0. The summed E-state index contributed by atoms with van der Waals surface area (Å²) in [4.78, 5) is 13.8. The zero-order chi connectivity index (χ0) is 15.9. The van der Waals surface area contributed by atoms with Gasteiger partial charge in [-0.2, -0.15) is 0 Å². The molecule has 0 fully saturated rings. The van der Waals surface area contributed by atoms with E-state index >= 15 is 0 Å². The number of aryl methyl sites for hydroxylation is 1. The first-order valence-electron chi connectivity index (χ1n) is 7.34. The summed E-state index contributed by atoms with van der Waals surface area (Å²) in [5.74, 6) is 0.292. The molecule has 0 heterocycles. The third kappa shape index (κ3) is 4.25. The summed E-state index contributed by atoms with van der Waals surface area (Å²) in [5.41, 5.74) is 0.968. The van der Waals surface area contributed by atoms with Gasteiger partial charge in [-0.25, -0.2) is 0 Å². The molecule has 2 aromatic carbocycles. The van der Waals surface area contributed by atoms with Crippen LogP contribution in [0.3, 0.4) is 0 Å². The van der Waals surface area contributed by atoms with Crippen LogP contribution >= 0.6 is 11.6 Å². The number of nitrogens with zero attached hydrogens (tertiary/aromatic N) is 1. The van der Waals surface area contributed by atoms with Crippen molar-refractivity contribution >= 4 is 23.2 Å². The molecule has 0 aliphatic carbocycles. The summed E-state index contributed by atoms with van der Waals surface area (Å²) in [5, 5.41) is 0. The first-order valence-corrected chi connectivity index (χ1v) is 7.77. The molecule has 2 aromatic rings. The highest BCUT2D eigenvalue weighted by atomic mass is 35.5. The van der Waals surface area contributed by atoms with E-state index in [1.54, 1.807) is 7.05 Å². The molecule has 2 rings (SSSR count). The molecule has 0 saturated heterocycles. The molecule has 3 nitrogen and oxygen atoms in total. The van der Waals surface area contributed by atoms with Crippen LogP contribution < -0.4 is 9.64 Å². The first kappa shape index (κ1) is 16.4.